The number of rotatable bonds is 6. The van der Waals surface area contributed by atoms with Gasteiger partial charge in [-0.1, -0.05) is 41.0 Å². The van der Waals surface area contributed by atoms with Gasteiger partial charge in [-0.3, -0.25) is 4.79 Å². The summed E-state index contributed by atoms with van der Waals surface area (Å²) in [5.41, 5.74) is 1.93. The van der Waals surface area contributed by atoms with Gasteiger partial charge in [0.2, 0.25) is 15.9 Å². The molecule has 1 amide bonds. The van der Waals surface area contributed by atoms with Crippen molar-refractivity contribution >= 4 is 45.4 Å². The molecule has 1 aliphatic heterocycles. The Morgan fingerprint density at radius 2 is 2.00 bits per heavy atom. The number of aromatic nitrogens is 1. The van der Waals surface area contributed by atoms with E-state index in [0.29, 0.717) is 23.6 Å². The van der Waals surface area contributed by atoms with Crippen LogP contribution in [-0.4, -0.2) is 36.9 Å². The second kappa shape index (κ2) is 10.3. The largest absolute Gasteiger partial charge is 0.355 e. The molecule has 35 heavy (non-hydrogen) atoms. The van der Waals surface area contributed by atoms with Crippen LogP contribution in [0.1, 0.15) is 35.4 Å². The Kier molecular flexibility index (Phi) is 7.39. The number of piperidine rings is 1. The number of anilines is 1. The summed E-state index contributed by atoms with van der Waals surface area (Å²) in [6, 6.07) is 11.4. The van der Waals surface area contributed by atoms with Crippen molar-refractivity contribution in [2.24, 2.45) is 5.92 Å². The zero-order chi connectivity index (χ0) is 25.2. The summed E-state index contributed by atoms with van der Waals surface area (Å²) in [5.74, 6) is -1.24. The van der Waals surface area contributed by atoms with E-state index in [0.717, 1.165) is 5.56 Å². The van der Waals surface area contributed by atoms with Gasteiger partial charge in [0.1, 0.15) is 11.5 Å². The average Bonchev–Trinajstić information content (AvgIpc) is 3.22. The van der Waals surface area contributed by atoms with Crippen LogP contribution < -0.4 is 5.32 Å². The quantitative estimate of drug-likeness (QED) is 0.479. The molecule has 2 aromatic carbocycles. The first kappa shape index (κ1) is 25.1. The van der Waals surface area contributed by atoms with Gasteiger partial charge in [0, 0.05) is 29.4 Å². The van der Waals surface area contributed by atoms with Crippen molar-refractivity contribution < 1.29 is 22.1 Å². The highest BCUT2D eigenvalue weighted by Crippen LogP contribution is 2.30. The predicted octanol–water partition coefficient (Wildman–Crippen LogP) is 5.29. The molecular weight excluding hydrogens is 493 g/mol. The third kappa shape index (κ3) is 5.47. The second-order valence-electron chi connectivity index (χ2n) is 8.47. The zero-order valence-electron chi connectivity index (χ0n) is 19.3. The molecule has 0 unspecified atom stereocenters. The van der Waals surface area contributed by atoms with Crippen LogP contribution in [0.2, 0.25) is 5.02 Å². The predicted molar refractivity (Wildman–Crippen MR) is 133 cm³/mol. The molecule has 1 N–H and O–H groups in total. The van der Waals surface area contributed by atoms with Crippen molar-refractivity contribution in [2.45, 2.75) is 31.6 Å². The maximum atomic E-state index is 14.0. The van der Waals surface area contributed by atoms with Crippen molar-refractivity contribution in [3.05, 3.63) is 75.9 Å². The fraction of sp³-hybridized carbons (Fsp3) is 0.280. The van der Waals surface area contributed by atoms with Gasteiger partial charge < -0.3 is 9.84 Å². The Morgan fingerprint density at radius 1 is 1.23 bits per heavy atom. The molecule has 184 valence electrons. The number of nitrogens with zero attached hydrogens (tertiary/aromatic N) is 2. The maximum absolute atomic E-state index is 14.0. The van der Waals surface area contributed by atoms with E-state index in [2.05, 4.69) is 10.5 Å². The Morgan fingerprint density at radius 3 is 2.74 bits per heavy atom. The number of aryl methyl sites for hydroxylation is 2. The number of nitrogens with one attached hydrogen (secondary N) is 1. The molecule has 0 bridgehead atoms. The molecule has 7 nitrogen and oxygen atoms in total. The lowest BCUT2D eigenvalue weighted by atomic mass is 9.98. The number of hydrogen-bond acceptors (Lipinski definition) is 5. The van der Waals surface area contributed by atoms with Crippen LogP contribution in [0, 0.1) is 25.6 Å². The number of sulfonamides is 1. The van der Waals surface area contributed by atoms with E-state index >= 15 is 0 Å². The number of carbonyl (C=O) groups is 1. The number of benzene rings is 2. The van der Waals surface area contributed by atoms with Gasteiger partial charge in [0.05, 0.1) is 5.92 Å². The van der Waals surface area contributed by atoms with Crippen molar-refractivity contribution in [2.75, 3.05) is 18.4 Å². The standard InChI is InChI=1S/C25H25ClFN3O4S/c1-16-9-11-20(14-21(16)26)28-25(31)19-7-5-13-30(15-19)35(32,33)24-17(2)29-34-23(24)12-10-18-6-3-4-8-22(18)27/h3-4,6,8-12,14,19H,5,7,13,15H2,1-2H3,(H,28,31)/b12-10+/t19-/m1/s1. The van der Waals surface area contributed by atoms with E-state index in [9.17, 15) is 17.6 Å². The number of halogens is 2. The normalized spacial score (nSPS) is 17.1. The summed E-state index contributed by atoms with van der Waals surface area (Å²) < 4.78 is 47.6. The van der Waals surface area contributed by atoms with Crippen molar-refractivity contribution in [1.29, 1.82) is 0 Å². The molecule has 1 aromatic heterocycles. The zero-order valence-corrected chi connectivity index (χ0v) is 20.9. The molecule has 0 spiro atoms. The van der Waals surface area contributed by atoms with Crippen molar-refractivity contribution in [3.63, 3.8) is 0 Å². The number of amides is 1. The lowest BCUT2D eigenvalue weighted by Crippen LogP contribution is -2.43. The second-order valence-corrected chi connectivity index (χ2v) is 10.8. The van der Waals surface area contributed by atoms with Gasteiger partial charge in [-0.2, -0.15) is 4.31 Å². The smallest absolute Gasteiger partial charge is 0.248 e. The van der Waals surface area contributed by atoms with E-state index in [1.165, 1.54) is 29.4 Å². The molecule has 0 radical (unpaired) electrons. The fourth-order valence-corrected chi connectivity index (χ4v) is 5.95. The molecular formula is C25H25ClFN3O4S. The highest BCUT2D eigenvalue weighted by atomic mass is 35.5. The highest BCUT2D eigenvalue weighted by Gasteiger charge is 2.37. The van der Waals surface area contributed by atoms with Crippen molar-refractivity contribution in [1.82, 2.24) is 9.46 Å². The van der Waals surface area contributed by atoms with E-state index in [-0.39, 0.29) is 40.9 Å². The molecule has 10 heteroatoms. The van der Waals surface area contributed by atoms with Crippen LogP contribution in [0.15, 0.2) is 51.9 Å². The molecule has 3 aromatic rings. The van der Waals surface area contributed by atoms with Crippen LogP contribution in [0.4, 0.5) is 10.1 Å². The third-order valence-electron chi connectivity index (χ3n) is 5.94. The summed E-state index contributed by atoms with van der Waals surface area (Å²) in [6.07, 6.45) is 3.91. The van der Waals surface area contributed by atoms with Crippen LogP contribution in [0.25, 0.3) is 12.2 Å². The minimum Gasteiger partial charge on any atom is -0.355 e. The third-order valence-corrected chi connectivity index (χ3v) is 8.38. The molecule has 1 atom stereocenters. The van der Waals surface area contributed by atoms with E-state index < -0.39 is 21.8 Å². The number of carbonyl (C=O) groups excluding carboxylic acids is 1. The van der Waals surface area contributed by atoms with Gasteiger partial charge in [-0.25, -0.2) is 12.8 Å². The first-order valence-electron chi connectivity index (χ1n) is 11.1. The minimum absolute atomic E-state index is 0.00613. The monoisotopic (exact) mass is 517 g/mol. The topological polar surface area (TPSA) is 92.5 Å². The van der Waals surface area contributed by atoms with E-state index in [1.54, 1.807) is 36.4 Å². The fourth-order valence-electron chi connectivity index (χ4n) is 3.99. The highest BCUT2D eigenvalue weighted by molar-refractivity contribution is 7.89. The number of hydrogen-bond donors (Lipinski definition) is 1. The first-order chi connectivity index (χ1) is 16.7. The molecule has 2 heterocycles. The van der Waals surface area contributed by atoms with Crippen LogP contribution in [0.3, 0.4) is 0 Å². The Balaban J connectivity index is 1.54. The van der Waals surface area contributed by atoms with E-state index in [4.69, 9.17) is 16.1 Å². The summed E-state index contributed by atoms with van der Waals surface area (Å²) in [5, 5.41) is 7.19. The molecule has 4 rings (SSSR count). The lowest BCUT2D eigenvalue weighted by Gasteiger charge is -2.31. The summed E-state index contributed by atoms with van der Waals surface area (Å²) in [4.78, 5) is 12.8. The van der Waals surface area contributed by atoms with Gasteiger partial charge in [0.15, 0.2) is 10.7 Å². The van der Waals surface area contributed by atoms with Crippen LogP contribution in [-0.2, 0) is 14.8 Å². The Labute approximate surface area is 208 Å². The van der Waals surface area contributed by atoms with Gasteiger partial charge in [0.25, 0.3) is 0 Å². The first-order valence-corrected chi connectivity index (χ1v) is 12.9. The molecule has 0 aliphatic carbocycles. The van der Waals surface area contributed by atoms with Crippen molar-refractivity contribution in [3.8, 4) is 0 Å². The summed E-state index contributed by atoms with van der Waals surface area (Å²) in [7, 11) is -4.02. The molecule has 1 aliphatic rings. The Bertz CT molecular complexity index is 1390. The van der Waals surface area contributed by atoms with Gasteiger partial charge >= 0.3 is 0 Å². The molecule has 1 fully saturated rings. The van der Waals surface area contributed by atoms with Gasteiger partial charge in [-0.05, 0) is 62.6 Å². The van der Waals surface area contributed by atoms with Gasteiger partial charge in [-0.15, -0.1) is 0 Å². The van der Waals surface area contributed by atoms with E-state index in [1.807, 2.05) is 6.92 Å². The maximum Gasteiger partial charge on any atom is 0.248 e. The minimum atomic E-state index is -4.02. The SMILES string of the molecule is Cc1ccc(NC(=O)[C@@H]2CCCN(S(=O)(=O)c3c(C)noc3/C=C/c3ccccc3F)C2)cc1Cl. The molecule has 1 saturated heterocycles. The molecule has 0 saturated carbocycles. The van der Waals surface area contributed by atoms with Crippen LogP contribution >= 0.6 is 11.6 Å². The average molecular weight is 518 g/mol. The summed E-state index contributed by atoms with van der Waals surface area (Å²) in [6.45, 7) is 3.69. The lowest BCUT2D eigenvalue weighted by molar-refractivity contribution is -0.120. The Hall–Kier alpha value is -3.01. The summed E-state index contributed by atoms with van der Waals surface area (Å²) >= 11 is 6.15. The van der Waals surface area contributed by atoms with Crippen LogP contribution in [0.5, 0.6) is 0 Å².